The number of rotatable bonds is 5. The summed E-state index contributed by atoms with van der Waals surface area (Å²) in [6.45, 7) is 3.86. The first-order valence-electron chi connectivity index (χ1n) is 11.9. The van der Waals surface area contributed by atoms with Crippen molar-refractivity contribution in [1.82, 2.24) is 0 Å². The summed E-state index contributed by atoms with van der Waals surface area (Å²) in [5, 5.41) is 0. The highest BCUT2D eigenvalue weighted by Gasteiger charge is 2.36. The predicted octanol–water partition coefficient (Wildman–Crippen LogP) is 6.97. The lowest BCUT2D eigenvalue weighted by Gasteiger charge is -2.41. The standard InChI is InChI=1S/C25H35F3O2/c1-2-3-16-4-6-18(7-5-16)21-14-29-25(30-15-21)19-10-8-17(9-11-19)20-12-22(26)24(28)23(27)13-20/h12-13,16-19,21,25H,2-11,14-15H2,1H3. The Bertz CT molecular complexity index is 663. The molecule has 0 atom stereocenters. The number of hydrogen-bond donors (Lipinski definition) is 0. The third-order valence-corrected chi connectivity index (χ3v) is 7.84. The van der Waals surface area contributed by atoms with Crippen molar-refractivity contribution in [3.63, 3.8) is 0 Å². The van der Waals surface area contributed by atoms with E-state index in [2.05, 4.69) is 6.92 Å². The normalized spacial score (nSPS) is 35.3. The molecule has 0 N–H and O–H groups in total. The minimum atomic E-state index is -1.38. The van der Waals surface area contributed by atoms with E-state index in [4.69, 9.17) is 9.47 Å². The summed E-state index contributed by atoms with van der Waals surface area (Å²) in [5.74, 6) is -1.00. The van der Waals surface area contributed by atoms with Crippen LogP contribution in [0.1, 0.15) is 82.6 Å². The first kappa shape index (κ1) is 22.1. The number of halogens is 3. The topological polar surface area (TPSA) is 18.5 Å². The van der Waals surface area contributed by atoms with Crippen LogP contribution in [-0.4, -0.2) is 19.5 Å². The van der Waals surface area contributed by atoms with E-state index in [-0.39, 0.29) is 12.2 Å². The fraction of sp³-hybridized carbons (Fsp3) is 0.760. The molecule has 0 unspecified atom stereocenters. The molecule has 0 bridgehead atoms. The Kier molecular flexibility index (Phi) is 7.40. The highest BCUT2D eigenvalue weighted by molar-refractivity contribution is 5.23. The number of benzene rings is 1. The van der Waals surface area contributed by atoms with Crippen LogP contribution < -0.4 is 0 Å². The molecule has 1 heterocycles. The van der Waals surface area contributed by atoms with E-state index < -0.39 is 17.5 Å². The molecule has 5 heteroatoms. The highest BCUT2D eigenvalue weighted by Crippen LogP contribution is 2.41. The maximum absolute atomic E-state index is 13.6. The molecule has 1 aromatic carbocycles. The summed E-state index contributed by atoms with van der Waals surface area (Å²) < 4.78 is 52.7. The minimum Gasteiger partial charge on any atom is -0.352 e. The van der Waals surface area contributed by atoms with Crippen LogP contribution >= 0.6 is 0 Å². The fourth-order valence-electron chi connectivity index (χ4n) is 5.97. The lowest BCUT2D eigenvalue weighted by Crippen LogP contribution is -2.41. The highest BCUT2D eigenvalue weighted by atomic mass is 19.2. The Morgan fingerprint density at radius 3 is 1.90 bits per heavy atom. The summed E-state index contributed by atoms with van der Waals surface area (Å²) in [6, 6.07) is 2.30. The van der Waals surface area contributed by atoms with Gasteiger partial charge < -0.3 is 9.47 Å². The molecule has 3 fully saturated rings. The zero-order valence-electron chi connectivity index (χ0n) is 18.1. The van der Waals surface area contributed by atoms with Crippen molar-refractivity contribution in [3.05, 3.63) is 35.1 Å². The Morgan fingerprint density at radius 2 is 1.33 bits per heavy atom. The van der Waals surface area contributed by atoms with Crippen molar-refractivity contribution in [1.29, 1.82) is 0 Å². The Labute approximate surface area is 178 Å². The molecule has 2 aliphatic carbocycles. The van der Waals surface area contributed by atoms with E-state index in [1.165, 1.54) is 38.5 Å². The quantitative estimate of drug-likeness (QED) is 0.475. The van der Waals surface area contributed by atoms with E-state index >= 15 is 0 Å². The van der Waals surface area contributed by atoms with Gasteiger partial charge >= 0.3 is 0 Å². The van der Waals surface area contributed by atoms with Gasteiger partial charge in [-0.1, -0.05) is 32.6 Å². The summed E-state index contributed by atoms with van der Waals surface area (Å²) in [4.78, 5) is 0. The molecular formula is C25H35F3O2. The molecular weight excluding hydrogens is 389 g/mol. The van der Waals surface area contributed by atoms with Crippen LogP contribution in [0.4, 0.5) is 13.2 Å². The van der Waals surface area contributed by atoms with Crippen LogP contribution in [0.5, 0.6) is 0 Å². The molecule has 2 nitrogen and oxygen atoms in total. The van der Waals surface area contributed by atoms with Crippen LogP contribution in [0.2, 0.25) is 0 Å². The van der Waals surface area contributed by atoms with Crippen LogP contribution in [0.25, 0.3) is 0 Å². The zero-order valence-corrected chi connectivity index (χ0v) is 18.1. The van der Waals surface area contributed by atoms with E-state index in [0.29, 0.717) is 17.4 Å². The second kappa shape index (κ2) is 10.0. The summed E-state index contributed by atoms with van der Waals surface area (Å²) >= 11 is 0. The minimum absolute atomic E-state index is 0.0699. The van der Waals surface area contributed by atoms with E-state index in [0.717, 1.165) is 62.9 Å². The second-order valence-corrected chi connectivity index (χ2v) is 9.77. The van der Waals surface area contributed by atoms with Gasteiger partial charge in [0, 0.05) is 11.8 Å². The van der Waals surface area contributed by atoms with Gasteiger partial charge in [-0.3, -0.25) is 0 Å². The molecule has 0 aromatic heterocycles. The molecule has 3 aliphatic rings. The van der Waals surface area contributed by atoms with E-state index in [1.54, 1.807) is 0 Å². The van der Waals surface area contributed by atoms with Crippen molar-refractivity contribution in [2.75, 3.05) is 13.2 Å². The van der Waals surface area contributed by atoms with Crippen molar-refractivity contribution in [3.8, 4) is 0 Å². The zero-order chi connectivity index (χ0) is 21.1. The number of ether oxygens (including phenoxy) is 2. The van der Waals surface area contributed by atoms with E-state index in [1.807, 2.05) is 0 Å². The van der Waals surface area contributed by atoms with E-state index in [9.17, 15) is 13.2 Å². The largest absolute Gasteiger partial charge is 0.352 e. The van der Waals surface area contributed by atoms with Gasteiger partial charge in [-0.2, -0.15) is 0 Å². The van der Waals surface area contributed by atoms with Crippen LogP contribution in [0.3, 0.4) is 0 Å². The maximum Gasteiger partial charge on any atom is 0.194 e. The van der Waals surface area contributed by atoms with Gasteiger partial charge in [0.15, 0.2) is 23.7 Å². The maximum atomic E-state index is 13.6. The van der Waals surface area contributed by atoms with Gasteiger partial charge in [0.1, 0.15) is 0 Å². The third kappa shape index (κ3) is 5.04. The summed E-state index contributed by atoms with van der Waals surface area (Å²) in [6.07, 6.45) is 11.3. The van der Waals surface area contributed by atoms with Gasteiger partial charge in [-0.15, -0.1) is 0 Å². The van der Waals surface area contributed by atoms with Crippen LogP contribution in [-0.2, 0) is 9.47 Å². The fourth-order valence-corrected chi connectivity index (χ4v) is 5.97. The van der Waals surface area contributed by atoms with Gasteiger partial charge in [-0.25, -0.2) is 13.2 Å². The monoisotopic (exact) mass is 424 g/mol. The van der Waals surface area contributed by atoms with Gasteiger partial charge in [0.2, 0.25) is 0 Å². The SMILES string of the molecule is CCCC1CCC(C2COC(C3CCC(c4cc(F)c(F)c(F)c4)CC3)OC2)CC1. The number of hydrogen-bond acceptors (Lipinski definition) is 2. The Hall–Kier alpha value is -1.07. The Morgan fingerprint density at radius 1 is 0.767 bits per heavy atom. The average molecular weight is 425 g/mol. The van der Waals surface area contributed by atoms with Gasteiger partial charge in [-0.05, 0) is 74.0 Å². The van der Waals surface area contributed by atoms with Crippen molar-refractivity contribution >= 4 is 0 Å². The van der Waals surface area contributed by atoms with Crippen molar-refractivity contribution in [2.24, 2.45) is 23.7 Å². The first-order valence-corrected chi connectivity index (χ1v) is 11.9. The molecule has 1 saturated heterocycles. The molecule has 1 aliphatic heterocycles. The van der Waals surface area contributed by atoms with Crippen LogP contribution in [0, 0.1) is 41.1 Å². The van der Waals surface area contributed by atoms with Crippen molar-refractivity contribution < 1.29 is 22.6 Å². The lowest BCUT2D eigenvalue weighted by atomic mass is 9.74. The summed E-state index contributed by atoms with van der Waals surface area (Å²) in [7, 11) is 0. The molecule has 0 radical (unpaired) electrons. The average Bonchev–Trinajstić information content (AvgIpc) is 2.78. The molecule has 168 valence electrons. The molecule has 30 heavy (non-hydrogen) atoms. The second-order valence-electron chi connectivity index (χ2n) is 9.77. The molecule has 0 amide bonds. The summed E-state index contributed by atoms with van der Waals surface area (Å²) in [5.41, 5.74) is 0.564. The Balaban J connectivity index is 1.22. The van der Waals surface area contributed by atoms with Gasteiger partial charge in [0.05, 0.1) is 13.2 Å². The molecule has 1 aromatic rings. The molecule has 2 saturated carbocycles. The van der Waals surface area contributed by atoms with Crippen LogP contribution in [0.15, 0.2) is 12.1 Å². The third-order valence-electron chi connectivity index (χ3n) is 7.84. The first-order chi connectivity index (χ1) is 14.5. The smallest absolute Gasteiger partial charge is 0.194 e. The molecule has 4 rings (SSSR count). The predicted molar refractivity (Wildman–Crippen MR) is 111 cm³/mol. The van der Waals surface area contributed by atoms with Gasteiger partial charge in [0.25, 0.3) is 0 Å². The lowest BCUT2D eigenvalue weighted by molar-refractivity contribution is -0.236. The molecule has 0 spiro atoms. The van der Waals surface area contributed by atoms with Crippen molar-refractivity contribution in [2.45, 2.75) is 83.3 Å².